The zero-order chi connectivity index (χ0) is 17.1. The van der Waals surface area contributed by atoms with E-state index in [1.54, 1.807) is 6.07 Å². The molecular weight excluding hydrogens is 324 g/mol. The van der Waals surface area contributed by atoms with Crippen molar-refractivity contribution in [2.24, 2.45) is 0 Å². The number of halogens is 1. The van der Waals surface area contributed by atoms with Crippen LogP contribution in [0.4, 0.5) is 10.1 Å². The third-order valence-electron chi connectivity index (χ3n) is 5.41. The molecule has 1 aromatic heterocycles. The van der Waals surface area contributed by atoms with E-state index in [0.717, 1.165) is 50.2 Å². The molecule has 2 aromatic rings. The summed E-state index contributed by atoms with van der Waals surface area (Å²) in [6.45, 7) is 3.33. The number of nitrogens with one attached hydrogen (secondary N) is 1. The number of piperazine rings is 1. The number of benzene rings is 1. The summed E-state index contributed by atoms with van der Waals surface area (Å²) in [7, 11) is -1.21. The summed E-state index contributed by atoms with van der Waals surface area (Å²) >= 11 is 0. The van der Waals surface area contributed by atoms with Gasteiger partial charge >= 0.3 is 7.12 Å². The molecule has 25 heavy (non-hydrogen) atoms. The van der Waals surface area contributed by atoms with Gasteiger partial charge in [-0.15, -0.1) is 0 Å². The number of aromatic nitrogens is 1. The van der Waals surface area contributed by atoms with E-state index < -0.39 is 7.12 Å². The average molecular weight is 343 g/mol. The maximum absolute atomic E-state index is 14.8. The number of hydrogen-bond donors (Lipinski definition) is 2. The molecule has 0 unspecified atom stereocenters. The summed E-state index contributed by atoms with van der Waals surface area (Å²) in [5.41, 5.74) is 1.98. The Morgan fingerprint density at radius 2 is 2.04 bits per heavy atom. The molecular formula is C17H19BFN3O3. The molecule has 5 rings (SSSR count). The van der Waals surface area contributed by atoms with Crippen molar-refractivity contribution in [1.82, 2.24) is 9.88 Å². The van der Waals surface area contributed by atoms with E-state index in [9.17, 15) is 14.2 Å². The second-order valence-electron chi connectivity index (χ2n) is 7.01. The van der Waals surface area contributed by atoms with Crippen molar-refractivity contribution < 1.29 is 14.1 Å². The van der Waals surface area contributed by atoms with Gasteiger partial charge < -0.3 is 24.5 Å². The van der Waals surface area contributed by atoms with Crippen molar-refractivity contribution in [1.29, 1.82) is 0 Å². The molecule has 1 aromatic carbocycles. The van der Waals surface area contributed by atoms with Crippen LogP contribution in [0.25, 0.3) is 10.9 Å². The van der Waals surface area contributed by atoms with E-state index in [0.29, 0.717) is 17.1 Å². The van der Waals surface area contributed by atoms with E-state index in [4.69, 9.17) is 4.65 Å². The topological polar surface area (TPSA) is 66.7 Å². The van der Waals surface area contributed by atoms with Crippen molar-refractivity contribution in [3.63, 3.8) is 0 Å². The first-order valence-corrected chi connectivity index (χ1v) is 8.81. The highest BCUT2D eigenvalue weighted by molar-refractivity contribution is 6.61. The minimum absolute atomic E-state index is 0.221. The van der Waals surface area contributed by atoms with Crippen LogP contribution >= 0.6 is 0 Å². The number of fused-ring (bicyclic) bond motifs is 2. The average Bonchev–Trinajstić information content (AvgIpc) is 3.38. The van der Waals surface area contributed by atoms with Crippen molar-refractivity contribution >= 4 is 29.2 Å². The molecule has 1 aliphatic carbocycles. The molecule has 0 amide bonds. The third-order valence-corrected chi connectivity index (χ3v) is 5.41. The van der Waals surface area contributed by atoms with Crippen LogP contribution in [0.15, 0.2) is 16.9 Å². The predicted molar refractivity (Wildman–Crippen MR) is 93.9 cm³/mol. The standard InChI is InChI=1S/C17H19BFN3O3/c19-12-7-11-13(8-14(12)21-5-3-20-4-6-21)22(10-1-2-10)15-9-25-18(24)16(15)17(11)23/h7-8,10,20,24H,1-6,9H2. The normalized spacial score (nSPS) is 20.4. The van der Waals surface area contributed by atoms with Gasteiger partial charge in [0.1, 0.15) is 5.82 Å². The van der Waals surface area contributed by atoms with Crippen LogP contribution in [-0.4, -0.2) is 42.9 Å². The van der Waals surface area contributed by atoms with Crippen LogP contribution in [0.5, 0.6) is 0 Å². The van der Waals surface area contributed by atoms with Crippen LogP contribution in [0.2, 0.25) is 0 Å². The first kappa shape index (κ1) is 15.4. The van der Waals surface area contributed by atoms with E-state index in [1.165, 1.54) is 6.07 Å². The zero-order valence-electron chi connectivity index (χ0n) is 13.8. The molecule has 8 heteroatoms. The lowest BCUT2D eigenvalue weighted by Crippen LogP contribution is -2.44. The van der Waals surface area contributed by atoms with Gasteiger partial charge in [-0.2, -0.15) is 0 Å². The van der Waals surface area contributed by atoms with Gasteiger partial charge in [-0.25, -0.2) is 4.39 Å². The molecule has 0 atom stereocenters. The van der Waals surface area contributed by atoms with E-state index >= 15 is 0 Å². The fourth-order valence-electron chi connectivity index (χ4n) is 4.02. The van der Waals surface area contributed by atoms with Crippen molar-refractivity contribution in [3.8, 4) is 0 Å². The Labute approximate surface area is 144 Å². The van der Waals surface area contributed by atoms with Crippen LogP contribution in [0.3, 0.4) is 0 Å². The number of nitrogens with zero attached hydrogens (tertiary/aromatic N) is 2. The van der Waals surface area contributed by atoms with Gasteiger partial charge in [0.25, 0.3) is 0 Å². The highest BCUT2D eigenvalue weighted by Gasteiger charge is 2.38. The number of hydrogen-bond acceptors (Lipinski definition) is 5. The van der Waals surface area contributed by atoms with Gasteiger partial charge in [-0.05, 0) is 25.0 Å². The predicted octanol–water partition coefficient (Wildman–Crippen LogP) is 0.103. The minimum Gasteiger partial charge on any atom is -0.423 e. The highest BCUT2D eigenvalue weighted by Crippen LogP contribution is 2.39. The fourth-order valence-corrected chi connectivity index (χ4v) is 4.02. The molecule has 2 fully saturated rings. The summed E-state index contributed by atoms with van der Waals surface area (Å²) in [6, 6.07) is 3.44. The molecule has 130 valence electrons. The monoisotopic (exact) mass is 343 g/mol. The Hall–Kier alpha value is -1.90. The quantitative estimate of drug-likeness (QED) is 0.758. The van der Waals surface area contributed by atoms with Crippen molar-refractivity contribution in [2.75, 3.05) is 31.1 Å². The van der Waals surface area contributed by atoms with Gasteiger partial charge in [0, 0.05) is 43.3 Å². The maximum Gasteiger partial charge on any atom is 0.497 e. The first-order chi connectivity index (χ1) is 12.1. The number of pyridine rings is 1. The zero-order valence-corrected chi connectivity index (χ0v) is 13.8. The summed E-state index contributed by atoms with van der Waals surface area (Å²) in [5, 5.41) is 13.6. The van der Waals surface area contributed by atoms with Crippen LogP contribution in [-0.2, 0) is 11.3 Å². The van der Waals surface area contributed by atoms with Crippen molar-refractivity contribution in [3.05, 3.63) is 33.9 Å². The molecule has 1 saturated heterocycles. The second kappa shape index (κ2) is 5.55. The first-order valence-electron chi connectivity index (χ1n) is 8.81. The SMILES string of the molecule is O=c1c2c(n(C3CC3)c3cc(N4CCNCC4)c(F)cc13)COB2O. The fraction of sp³-hybridized carbons (Fsp3) is 0.471. The summed E-state index contributed by atoms with van der Waals surface area (Å²) < 4.78 is 22.2. The maximum atomic E-state index is 14.8. The van der Waals surface area contributed by atoms with Gasteiger partial charge in [0.2, 0.25) is 0 Å². The van der Waals surface area contributed by atoms with Gasteiger partial charge in [-0.3, -0.25) is 4.79 Å². The van der Waals surface area contributed by atoms with Gasteiger partial charge in [0.15, 0.2) is 5.43 Å². The number of anilines is 1. The molecule has 3 heterocycles. The summed E-state index contributed by atoms with van der Waals surface area (Å²) in [4.78, 5) is 14.8. The van der Waals surface area contributed by atoms with E-state index in [-0.39, 0.29) is 23.3 Å². The molecule has 0 bridgehead atoms. The molecule has 0 spiro atoms. The molecule has 2 aliphatic heterocycles. The lowest BCUT2D eigenvalue weighted by Gasteiger charge is -2.30. The number of rotatable bonds is 2. The van der Waals surface area contributed by atoms with Gasteiger partial charge in [-0.1, -0.05) is 0 Å². The van der Waals surface area contributed by atoms with Crippen LogP contribution in [0, 0.1) is 5.82 Å². The molecule has 1 saturated carbocycles. The molecule has 6 nitrogen and oxygen atoms in total. The Morgan fingerprint density at radius 3 is 2.76 bits per heavy atom. The summed E-state index contributed by atoms with van der Waals surface area (Å²) in [5.74, 6) is -0.387. The minimum atomic E-state index is -1.21. The van der Waals surface area contributed by atoms with E-state index in [2.05, 4.69) is 9.88 Å². The summed E-state index contributed by atoms with van der Waals surface area (Å²) in [6.07, 6.45) is 2.06. The van der Waals surface area contributed by atoms with E-state index in [1.807, 2.05) is 4.90 Å². The molecule has 0 radical (unpaired) electrons. The second-order valence-corrected chi connectivity index (χ2v) is 7.01. The Kier molecular flexibility index (Phi) is 3.41. The largest absolute Gasteiger partial charge is 0.497 e. The van der Waals surface area contributed by atoms with Crippen molar-refractivity contribution in [2.45, 2.75) is 25.5 Å². The smallest absolute Gasteiger partial charge is 0.423 e. The van der Waals surface area contributed by atoms with Crippen LogP contribution in [0.1, 0.15) is 24.6 Å². The van der Waals surface area contributed by atoms with Gasteiger partial charge in [0.05, 0.1) is 23.3 Å². The molecule has 3 aliphatic rings. The lowest BCUT2D eigenvalue weighted by atomic mass is 9.79. The molecule has 2 N–H and O–H groups in total. The highest BCUT2D eigenvalue weighted by atomic mass is 19.1. The Bertz CT molecular complexity index is 922. The Balaban J connectivity index is 1.78. The van der Waals surface area contributed by atoms with Crippen LogP contribution < -0.4 is 21.1 Å². The third kappa shape index (κ3) is 2.32. The lowest BCUT2D eigenvalue weighted by molar-refractivity contribution is 0.269. The Morgan fingerprint density at radius 1 is 1.28 bits per heavy atom.